The van der Waals surface area contributed by atoms with Crippen LogP contribution in [-0.4, -0.2) is 17.9 Å². The number of carbonyl (C=O) groups excluding carboxylic acids is 2. The van der Waals surface area contributed by atoms with Crippen molar-refractivity contribution < 1.29 is 9.59 Å². The predicted octanol–water partition coefficient (Wildman–Crippen LogP) is 3.36. The van der Waals surface area contributed by atoms with Crippen molar-refractivity contribution in [2.75, 3.05) is 10.2 Å². The number of anilines is 2. The second-order valence-corrected chi connectivity index (χ2v) is 6.02. The number of benzene rings is 2. The highest BCUT2D eigenvalue weighted by Crippen LogP contribution is 2.30. The molecule has 0 aliphatic carbocycles. The minimum absolute atomic E-state index is 0.154. The Bertz CT molecular complexity index is 762. The van der Waals surface area contributed by atoms with Crippen LogP contribution in [-0.2, 0) is 9.59 Å². The fourth-order valence-corrected chi connectivity index (χ4v) is 3.06. The number of hydrogen-bond acceptors (Lipinski definition) is 3. The molecule has 1 N–H and O–H groups in total. The van der Waals surface area contributed by atoms with E-state index in [9.17, 15) is 9.59 Å². The van der Waals surface area contributed by atoms with E-state index in [1.165, 1.54) is 4.90 Å². The van der Waals surface area contributed by atoms with Crippen molar-refractivity contribution in [2.45, 2.75) is 33.2 Å². The molecule has 0 aromatic heterocycles. The van der Waals surface area contributed by atoms with Gasteiger partial charge in [0.2, 0.25) is 5.91 Å². The number of hydrogen-bond donors (Lipinski definition) is 1. The van der Waals surface area contributed by atoms with Gasteiger partial charge in [0, 0.05) is 5.69 Å². The third-order valence-electron chi connectivity index (χ3n) is 4.28. The largest absolute Gasteiger partial charge is 0.373 e. The van der Waals surface area contributed by atoms with Crippen LogP contribution in [0, 0.1) is 20.8 Å². The summed E-state index contributed by atoms with van der Waals surface area (Å²) >= 11 is 0. The highest BCUT2D eigenvalue weighted by molar-refractivity contribution is 6.23. The summed E-state index contributed by atoms with van der Waals surface area (Å²) in [7, 11) is 0. The van der Waals surface area contributed by atoms with Crippen molar-refractivity contribution in [1.29, 1.82) is 0 Å². The van der Waals surface area contributed by atoms with Crippen molar-refractivity contribution in [3.63, 3.8) is 0 Å². The first kappa shape index (κ1) is 15.3. The number of rotatable bonds is 3. The summed E-state index contributed by atoms with van der Waals surface area (Å²) in [6.45, 7) is 5.82. The number of imide groups is 1. The molecule has 2 aromatic carbocycles. The van der Waals surface area contributed by atoms with Gasteiger partial charge in [0.1, 0.15) is 6.04 Å². The lowest BCUT2D eigenvalue weighted by Crippen LogP contribution is -2.35. The van der Waals surface area contributed by atoms with Gasteiger partial charge in [-0.1, -0.05) is 36.4 Å². The number of para-hydroxylation sites is 2. The molecule has 0 radical (unpaired) electrons. The molecule has 23 heavy (non-hydrogen) atoms. The van der Waals surface area contributed by atoms with Crippen molar-refractivity contribution >= 4 is 23.2 Å². The summed E-state index contributed by atoms with van der Waals surface area (Å²) in [5.41, 5.74) is 4.53. The SMILES string of the molecule is Cc1ccccc1N[C@H]1CC(=O)N(c2c(C)cccc2C)C1=O. The summed E-state index contributed by atoms with van der Waals surface area (Å²) in [5, 5.41) is 3.22. The van der Waals surface area contributed by atoms with Crippen molar-refractivity contribution in [3.8, 4) is 0 Å². The van der Waals surface area contributed by atoms with E-state index in [4.69, 9.17) is 0 Å². The Kier molecular flexibility index (Phi) is 3.90. The second kappa shape index (κ2) is 5.88. The number of nitrogens with one attached hydrogen (secondary N) is 1. The maximum atomic E-state index is 12.8. The van der Waals surface area contributed by atoms with Gasteiger partial charge in [-0.15, -0.1) is 0 Å². The Morgan fingerprint density at radius 3 is 2.17 bits per heavy atom. The molecule has 0 unspecified atom stereocenters. The van der Waals surface area contributed by atoms with Crippen molar-refractivity contribution in [1.82, 2.24) is 0 Å². The van der Waals surface area contributed by atoms with Crippen LogP contribution in [0.1, 0.15) is 23.1 Å². The summed E-state index contributed by atoms with van der Waals surface area (Å²) < 4.78 is 0. The summed E-state index contributed by atoms with van der Waals surface area (Å²) in [6, 6.07) is 13.0. The minimum Gasteiger partial charge on any atom is -0.373 e. The van der Waals surface area contributed by atoms with Gasteiger partial charge in [-0.25, -0.2) is 4.90 Å². The minimum atomic E-state index is -0.511. The van der Waals surface area contributed by atoms with E-state index in [1.807, 2.05) is 63.2 Å². The Morgan fingerprint density at radius 1 is 0.913 bits per heavy atom. The summed E-state index contributed by atoms with van der Waals surface area (Å²) in [4.78, 5) is 26.6. The molecular weight excluding hydrogens is 288 g/mol. The Labute approximate surface area is 136 Å². The van der Waals surface area contributed by atoms with E-state index >= 15 is 0 Å². The zero-order chi connectivity index (χ0) is 16.6. The monoisotopic (exact) mass is 308 g/mol. The molecule has 2 amide bonds. The van der Waals surface area contributed by atoms with E-state index in [0.717, 1.165) is 28.1 Å². The van der Waals surface area contributed by atoms with Crippen LogP contribution in [0.4, 0.5) is 11.4 Å². The topological polar surface area (TPSA) is 49.4 Å². The second-order valence-electron chi connectivity index (χ2n) is 6.02. The molecule has 4 heteroatoms. The molecule has 3 rings (SSSR count). The van der Waals surface area contributed by atoms with E-state index in [1.54, 1.807) is 0 Å². The number of aryl methyl sites for hydroxylation is 3. The fraction of sp³-hybridized carbons (Fsp3) is 0.263. The van der Waals surface area contributed by atoms with Crippen LogP contribution in [0.5, 0.6) is 0 Å². The van der Waals surface area contributed by atoms with Gasteiger partial charge in [0.05, 0.1) is 12.1 Å². The van der Waals surface area contributed by atoms with Gasteiger partial charge in [0.15, 0.2) is 0 Å². The predicted molar refractivity (Wildman–Crippen MR) is 91.6 cm³/mol. The molecule has 1 fully saturated rings. The molecule has 1 saturated heterocycles. The average molecular weight is 308 g/mol. The summed E-state index contributed by atoms with van der Waals surface area (Å²) in [6.07, 6.45) is 0.181. The number of carbonyl (C=O) groups is 2. The summed E-state index contributed by atoms with van der Waals surface area (Å²) in [5.74, 6) is -0.339. The molecule has 0 bridgehead atoms. The van der Waals surface area contributed by atoms with Gasteiger partial charge in [-0.05, 0) is 43.5 Å². The highest BCUT2D eigenvalue weighted by atomic mass is 16.2. The Morgan fingerprint density at radius 2 is 1.52 bits per heavy atom. The van der Waals surface area contributed by atoms with Crippen molar-refractivity contribution in [3.05, 3.63) is 59.2 Å². The third-order valence-corrected chi connectivity index (χ3v) is 4.28. The van der Waals surface area contributed by atoms with Crippen LogP contribution >= 0.6 is 0 Å². The van der Waals surface area contributed by atoms with Crippen LogP contribution in [0.3, 0.4) is 0 Å². The highest BCUT2D eigenvalue weighted by Gasteiger charge is 2.40. The maximum absolute atomic E-state index is 12.8. The molecule has 1 aliphatic heterocycles. The van der Waals surface area contributed by atoms with Crippen LogP contribution < -0.4 is 10.2 Å². The van der Waals surface area contributed by atoms with E-state index in [-0.39, 0.29) is 18.2 Å². The number of nitrogens with zero attached hydrogens (tertiary/aromatic N) is 1. The Hall–Kier alpha value is -2.62. The fourth-order valence-electron chi connectivity index (χ4n) is 3.06. The first-order valence-corrected chi connectivity index (χ1v) is 7.74. The molecule has 2 aromatic rings. The zero-order valence-electron chi connectivity index (χ0n) is 13.6. The maximum Gasteiger partial charge on any atom is 0.256 e. The van der Waals surface area contributed by atoms with E-state index in [2.05, 4.69) is 5.32 Å². The zero-order valence-corrected chi connectivity index (χ0v) is 13.6. The van der Waals surface area contributed by atoms with Crippen LogP contribution in [0.25, 0.3) is 0 Å². The molecule has 1 atom stereocenters. The van der Waals surface area contributed by atoms with Crippen LogP contribution in [0.2, 0.25) is 0 Å². The van der Waals surface area contributed by atoms with Gasteiger partial charge < -0.3 is 5.32 Å². The molecule has 4 nitrogen and oxygen atoms in total. The van der Waals surface area contributed by atoms with E-state index < -0.39 is 6.04 Å². The smallest absolute Gasteiger partial charge is 0.256 e. The standard InChI is InChI=1S/C19H20N2O2/c1-12-7-4-5-10-15(12)20-16-11-17(22)21(19(16)23)18-13(2)8-6-9-14(18)3/h4-10,16,20H,11H2,1-3H3/t16-/m0/s1. The van der Waals surface area contributed by atoms with Crippen LogP contribution in [0.15, 0.2) is 42.5 Å². The van der Waals surface area contributed by atoms with Gasteiger partial charge in [-0.3, -0.25) is 9.59 Å². The van der Waals surface area contributed by atoms with Crippen molar-refractivity contribution in [2.24, 2.45) is 0 Å². The van der Waals surface area contributed by atoms with Gasteiger partial charge in [-0.2, -0.15) is 0 Å². The van der Waals surface area contributed by atoms with Gasteiger partial charge in [0.25, 0.3) is 5.91 Å². The van der Waals surface area contributed by atoms with E-state index in [0.29, 0.717) is 0 Å². The van der Waals surface area contributed by atoms with Gasteiger partial charge >= 0.3 is 0 Å². The normalized spacial score (nSPS) is 17.7. The first-order valence-electron chi connectivity index (χ1n) is 7.74. The molecule has 1 heterocycles. The first-order chi connectivity index (χ1) is 11.0. The molecule has 1 aliphatic rings. The molecule has 118 valence electrons. The lowest BCUT2D eigenvalue weighted by molar-refractivity contribution is -0.121. The Balaban J connectivity index is 1.90. The average Bonchev–Trinajstić information content (AvgIpc) is 2.77. The lowest BCUT2D eigenvalue weighted by atomic mass is 10.1. The molecule has 0 spiro atoms. The third kappa shape index (κ3) is 2.72. The number of amides is 2. The lowest BCUT2D eigenvalue weighted by Gasteiger charge is -2.20. The quantitative estimate of drug-likeness (QED) is 0.885. The molecule has 0 saturated carbocycles. The molecular formula is C19H20N2O2.